The first-order valence-corrected chi connectivity index (χ1v) is 8.17. The molecule has 4 atom stereocenters. The van der Waals surface area contributed by atoms with Crippen molar-refractivity contribution in [2.75, 3.05) is 6.54 Å². The number of aromatic hydroxyl groups is 2. The lowest BCUT2D eigenvalue weighted by Crippen LogP contribution is -2.56. The molecule has 1 aromatic rings. The number of likely N-dealkylation sites (tertiary alicyclic amines) is 1. The van der Waals surface area contributed by atoms with Gasteiger partial charge in [0, 0.05) is 24.2 Å². The van der Waals surface area contributed by atoms with E-state index in [1.165, 1.54) is 6.07 Å². The van der Waals surface area contributed by atoms with Crippen LogP contribution in [0.3, 0.4) is 0 Å². The van der Waals surface area contributed by atoms with Gasteiger partial charge in [0.2, 0.25) is 0 Å². The molecular weight excluding hydrogens is 298 g/mol. The number of phenols is 2. The van der Waals surface area contributed by atoms with Crippen LogP contribution in [-0.2, 0) is 9.47 Å². The smallest absolute Gasteiger partial charge is 0.163 e. The number of piperidine rings is 1. The summed E-state index contributed by atoms with van der Waals surface area (Å²) in [5.74, 6) is -0.689. The number of β-amino-alcohol motifs (C(OH)–C–C–N with tert-alkyl or cyclic N) is 1. The molecule has 0 amide bonds. The monoisotopic (exact) mass is 321 g/mol. The van der Waals surface area contributed by atoms with Gasteiger partial charge in [-0.1, -0.05) is 0 Å². The Kier molecular flexibility index (Phi) is 3.36. The molecule has 1 aliphatic carbocycles. The molecule has 3 N–H and O–H groups in total. The zero-order valence-electron chi connectivity index (χ0n) is 13.3. The summed E-state index contributed by atoms with van der Waals surface area (Å²) < 4.78 is 12.0. The van der Waals surface area contributed by atoms with E-state index in [0.29, 0.717) is 18.2 Å². The molecule has 126 valence electrons. The zero-order valence-corrected chi connectivity index (χ0v) is 13.3. The van der Waals surface area contributed by atoms with Gasteiger partial charge in [0.05, 0.1) is 12.1 Å². The van der Waals surface area contributed by atoms with E-state index in [-0.39, 0.29) is 23.6 Å². The molecule has 6 nitrogen and oxygen atoms in total. The van der Waals surface area contributed by atoms with Crippen LogP contribution in [0, 0.1) is 0 Å². The van der Waals surface area contributed by atoms with Crippen molar-refractivity contribution in [1.29, 1.82) is 0 Å². The quantitative estimate of drug-likeness (QED) is 0.766. The molecule has 0 spiro atoms. The number of hydrogen-bond donors (Lipinski definition) is 3. The minimum atomic E-state index is -0.763. The topological polar surface area (TPSA) is 82.4 Å². The highest BCUT2D eigenvalue weighted by Crippen LogP contribution is 2.48. The summed E-state index contributed by atoms with van der Waals surface area (Å²) in [7, 11) is 0. The minimum Gasteiger partial charge on any atom is -0.508 e. The molecule has 3 fully saturated rings. The van der Waals surface area contributed by atoms with E-state index in [4.69, 9.17) is 9.47 Å². The number of phenolic OH excluding ortho intramolecular Hbond substituents is 2. The molecule has 0 aromatic heterocycles. The van der Waals surface area contributed by atoms with Gasteiger partial charge in [0.15, 0.2) is 5.79 Å². The maximum absolute atomic E-state index is 10.5. The van der Waals surface area contributed by atoms with Crippen molar-refractivity contribution >= 4 is 0 Å². The minimum absolute atomic E-state index is 0.0283. The summed E-state index contributed by atoms with van der Waals surface area (Å²) in [6.45, 7) is 4.18. The lowest BCUT2D eigenvalue weighted by molar-refractivity contribution is -0.153. The third-order valence-electron chi connectivity index (χ3n) is 4.96. The summed E-state index contributed by atoms with van der Waals surface area (Å²) in [6.07, 6.45) is 0.786. The molecule has 2 aliphatic heterocycles. The van der Waals surface area contributed by atoms with Gasteiger partial charge in [0.25, 0.3) is 0 Å². The molecule has 2 saturated heterocycles. The van der Waals surface area contributed by atoms with Gasteiger partial charge in [-0.05, 0) is 38.8 Å². The number of nitrogens with zero attached hydrogens (tertiary/aromatic N) is 1. The van der Waals surface area contributed by atoms with Gasteiger partial charge in [-0.3, -0.25) is 4.90 Å². The maximum Gasteiger partial charge on any atom is 0.163 e. The largest absolute Gasteiger partial charge is 0.508 e. The highest BCUT2D eigenvalue weighted by Gasteiger charge is 2.56. The maximum atomic E-state index is 10.5. The van der Waals surface area contributed by atoms with Gasteiger partial charge >= 0.3 is 0 Å². The lowest BCUT2D eigenvalue weighted by atomic mass is 9.88. The molecule has 0 radical (unpaired) electrons. The summed E-state index contributed by atoms with van der Waals surface area (Å²) in [5.41, 5.74) is 0.706. The normalized spacial score (nSPS) is 36.8. The van der Waals surface area contributed by atoms with Crippen LogP contribution in [0.25, 0.3) is 0 Å². The van der Waals surface area contributed by atoms with Gasteiger partial charge in [-0.2, -0.15) is 0 Å². The molecule has 0 unspecified atom stereocenters. The van der Waals surface area contributed by atoms with Crippen LogP contribution >= 0.6 is 0 Å². The Bertz CT molecular complexity index is 615. The van der Waals surface area contributed by atoms with E-state index < -0.39 is 18.0 Å². The van der Waals surface area contributed by atoms with Crippen molar-refractivity contribution < 1.29 is 24.8 Å². The van der Waals surface area contributed by atoms with E-state index in [9.17, 15) is 15.3 Å². The fourth-order valence-corrected chi connectivity index (χ4v) is 3.90. The number of hydrogen-bond acceptors (Lipinski definition) is 6. The van der Waals surface area contributed by atoms with Crippen LogP contribution in [0.2, 0.25) is 0 Å². The van der Waals surface area contributed by atoms with Crippen molar-refractivity contribution in [1.82, 2.24) is 4.90 Å². The molecule has 3 aliphatic rings. The SMILES string of the molecule is CC1(C)O[C@@H]2[C@H](O1)[C@H](O)CN(C1CC1)[C@H]2c1ccc(O)cc1O. The van der Waals surface area contributed by atoms with Crippen LogP contribution in [0.1, 0.15) is 38.3 Å². The molecule has 1 saturated carbocycles. The third kappa shape index (κ3) is 2.59. The lowest BCUT2D eigenvalue weighted by Gasteiger charge is -2.44. The van der Waals surface area contributed by atoms with Crippen molar-refractivity contribution in [3.63, 3.8) is 0 Å². The fourth-order valence-electron chi connectivity index (χ4n) is 3.90. The van der Waals surface area contributed by atoms with Crippen LogP contribution in [0.15, 0.2) is 18.2 Å². The summed E-state index contributed by atoms with van der Waals surface area (Å²) >= 11 is 0. The van der Waals surface area contributed by atoms with E-state index in [1.54, 1.807) is 12.1 Å². The predicted octanol–water partition coefficient (Wildman–Crippen LogP) is 1.50. The Morgan fingerprint density at radius 3 is 2.48 bits per heavy atom. The number of benzene rings is 1. The molecule has 4 rings (SSSR count). The molecule has 1 aromatic carbocycles. The fraction of sp³-hybridized carbons (Fsp3) is 0.647. The molecule has 2 heterocycles. The summed E-state index contributed by atoms with van der Waals surface area (Å²) in [4.78, 5) is 2.21. The van der Waals surface area contributed by atoms with Crippen LogP contribution in [-0.4, -0.2) is 56.9 Å². The van der Waals surface area contributed by atoms with E-state index in [0.717, 1.165) is 12.8 Å². The van der Waals surface area contributed by atoms with Crippen LogP contribution in [0.4, 0.5) is 0 Å². The highest BCUT2D eigenvalue weighted by atomic mass is 16.8. The number of aliphatic hydroxyl groups is 1. The number of aliphatic hydroxyl groups excluding tert-OH is 1. The molecule has 0 bridgehead atoms. The molecular formula is C17H23NO5. The number of rotatable bonds is 2. The average molecular weight is 321 g/mol. The molecule has 6 heteroatoms. The first kappa shape index (κ1) is 15.2. The van der Waals surface area contributed by atoms with Crippen molar-refractivity contribution in [2.45, 2.75) is 62.9 Å². The third-order valence-corrected chi connectivity index (χ3v) is 4.96. The average Bonchev–Trinajstić information content (AvgIpc) is 3.23. The Morgan fingerprint density at radius 1 is 1.13 bits per heavy atom. The first-order valence-electron chi connectivity index (χ1n) is 8.17. The van der Waals surface area contributed by atoms with E-state index >= 15 is 0 Å². The standard InChI is InChI=1S/C17H23NO5/c1-17(2)22-15-13(21)8-18(9-3-4-9)14(16(15)23-17)11-6-5-10(19)7-12(11)20/h5-7,9,13-16,19-21H,3-4,8H2,1-2H3/t13-,14+,15-,16+/m1/s1. The Balaban J connectivity index is 1.76. The Morgan fingerprint density at radius 2 is 1.83 bits per heavy atom. The zero-order chi connectivity index (χ0) is 16.4. The number of fused-ring (bicyclic) bond motifs is 1. The van der Waals surface area contributed by atoms with Gasteiger partial charge in [0.1, 0.15) is 23.7 Å². The van der Waals surface area contributed by atoms with Crippen LogP contribution in [0.5, 0.6) is 11.5 Å². The van der Waals surface area contributed by atoms with Crippen molar-refractivity contribution in [3.8, 4) is 11.5 Å². The van der Waals surface area contributed by atoms with Crippen molar-refractivity contribution in [3.05, 3.63) is 23.8 Å². The second kappa shape index (κ2) is 5.08. The van der Waals surface area contributed by atoms with E-state index in [1.807, 2.05) is 13.8 Å². The van der Waals surface area contributed by atoms with Crippen molar-refractivity contribution in [2.24, 2.45) is 0 Å². The van der Waals surface area contributed by atoms with Crippen LogP contribution < -0.4 is 0 Å². The molecule has 23 heavy (non-hydrogen) atoms. The second-order valence-electron chi connectivity index (χ2n) is 7.25. The summed E-state index contributed by atoms with van der Waals surface area (Å²) in [6, 6.07) is 4.85. The first-order chi connectivity index (χ1) is 10.9. The predicted molar refractivity (Wildman–Crippen MR) is 82.1 cm³/mol. The Hall–Kier alpha value is -1.34. The van der Waals surface area contributed by atoms with E-state index in [2.05, 4.69) is 4.90 Å². The second-order valence-corrected chi connectivity index (χ2v) is 7.25. The van der Waals surface area contributed by atoms with Gasteiger partial charge in [-0.15, -0.1) is 0 Å². The Labute approximate surface area is 135 Å². The number of ether oxygens (including phenoxy) is 2. The van der Waals surface area contributed by atoms with Gasteiger partial charge < -0.3 is 24.8 Å². The highest BCUT2D eigenvalue weighted by molar-refractivity contribution is 5.42. The summed E-state index contributed by atoms with van der Waals surface area (Å²) in [5, 5.41) is 30.4. The van der Waals surface area contributed by atoms with Gasteiger partial charge in [-0.25, -0.2) is 0 Å².